The molecule has 1 amide bonds. The Morgan fingerprint density at radius 2 is 1.89 bits per heavy atom. The van der Waals surface area contributed by atoms with Gasteiger partial charge in [0.2, 0.25) is 0 Å². The number of esters is 1. The molecule has 1 heterocycles. The first kappa shape index (κ1) is 19.0. The predicted octanol–water partition coefficient (Wildman–Crippen LogP) is 4.58. The number of carbonyl (C=O) groups excluding carboxylic acids is 2. The number of ether oxygens (including phenoxy) is 1. The van der Waals surface area contributed by atoms with E-state index < -0.39 is 11.9 Å². The molecule has 27 heavy (non-hydrogen) atoms. The number of anilines is 1. The maximum Gasteiger partial charge on any atom is 0.340 e. The minimum absolute atomic E-state index is 0.0523. The van der Waals surface area contributed by atoms with E-state index in [-0.39, 0.29) is 16.9 Å². The van der Waals surface area contributed by atoms with Crippen LogP contribution in [0.15, 0.2) is 59.3 Å². The van der Waals surface area contributed by atoms with Gasteiger partial charge in [0.25, 0.3) is 5.91 Å². The van der Waals surface area contributed by atoms with Crippen molar-refractivity contribution in [3.63, 3.8) is 0 Å². The van der Waals surface area contributed by atoms with Crippen LogP contribution in [0.2, 0.25) is 10.0 Å². The molecule has 0 atom stereocenters. The summed E-state index contributed by atoms with van der Waals surface area (Å²) in [5.41, 5.74) is 1.78. The van der Waals surface area contributed by atoms with Gasteiger partial charge in [-0.05, 0) is 48.9 Å². The molecular formula is C20H15Cl2NO4. The highest BCUT2D eigenvalue weighted by Gasteiger charge is 2.38. The Labute approximate surface area is 166 Å². The minimum atomic E-state index is -0.630. The maximum atomic E-state index is 13.1. The summed E-state index contributed by atoms with van der Waals surface area (Å²) in [5.74, 6) is -0.985. The lowest BCUT2D eigenvalue weighted by Gasteiger charge is -2.18. The third-order valence-corrected chi connectivity index (χ3v) is 4.87. The number of nitrogens with zero attached hydrogens (tertiary/aromatic N) is 1. The highest BCUT2D eigenvalue weighted by Crippen LogP contribution is 2.37. The van der Waals surface area contributed by atoms with E-state index in [1.165, 1.54) is 30.2 Å². The molecule has 7 heteroatoms. The first-order chi connectivity index (χ1) is 12.8. The molecule has 0 saturated carbocycles. The van der Waals surface area contributed by atoms with Gasteiger partial charge in [0.05, 0.1) is 34.0 Å². The number of allylic oxidation sites excluding steroid dienone is 1. The van der Waals surface area contributed by atoms with E-state index in [1.807, 2.05) is 0 Å². The van der Waals surface area contributed by atoms with Gasteiger partial charge in [0.1, 0.15) is 5.75 Å². The lowest BCUT2D eigenvalue weighted by Crippen LogP contribution is -2.24. The number of benzene rings is 2. The van der Waals surface area contributed by atoms with Crippen LogP contribution in [0, 0.1) is 0 Å². The molecule has 3 rings (SSSR count). The number of halogens is 2. The smallest absolute Gasteiger partial charge is 0.340 e. The van der Waals surface area contributed by atoms with Gasteiger partial charge in [-0.2, -0.15) is 0 Å². The molecule has 0 aliphatic carbocycles. The van der Waals surface area contributed by atoms with Crippen molar-refractivity contribution in [3.8, 4) is 5.75 Å². The number of carbonyl (C=O) groups is 2. The van der Waals surface area contributed by atoms with E-state index in [0.717, 1.165) is 0 Å². The summed E-state index contributed by atoms with van der Waals surface area (Å²) in [7, 11) is 1.25. The summed E-state index contributed by atoms with van der Waals surface area (Å²) < 4.78 is 4.86. The average molecular weight is 404 g/mol. The van der Waals surface area contributed by atoms with Crippen LogP contribution in [-0.2, 0) is 14.3 Å². The number of amides is 1. The molecule has 1 N–H and O–H groups in total. The lowest BCUT2D eigenvalue weighted by molar-refractivity contribution is -0.136. The third kappa shape index (κ3) is 3.56. The number of phenolic OH excluding ortho intramolecular Hbond substituents is 1. The second kappa shape index (κ2) is 7.47. The highest BCUT2D eigenvalue weighted by atomic mass is 35.5. The Morgan fingerprint density at radius 3 is 2.52 bits per heavy atom. The van der Waals surface area contributed by atoms with E-state index in [1.54, 1.807) is 37.3 Å². The molecule has 5 nitrogen and oxygen atoms in total. The van der Waals surface area contributed by atoms with Crippen LogP contribution < -0.4 is 4.90 Å². The summed E-state index contributed by atoms with van der Waals surface area (Å²) in [6.07, 6.45) is 1.54. The fourth-order valence-electron chi connectivity index (χ4n) is 2.90. The van der Waals surface area contributed by atoms with Crippen molar-refractivity contribution in [1.29, 1.82) is 0 Å². The van der Waals surface area contributed by atoms with Gasteiger partial charge in [-0.1, -0.05) is 35.3 Å². The molecule has 2 aromatic carbocycles. The number of phenols is 1. The standard InChI is InChI=1S/C20H15Cl2NO4/c1-11-18(20(26)27-2)15(9-12-4-3-5-14(24)8-12)19(25)23(11)13-6-7-16(21)17(22)10-13/h3-10,24H,1-2H3/b15-9-. The van der Waals surface area contributed by atoms with Crippen molar-refractivity contribution in [2.45, 2.75) is 6.92 Å². The van der Waals surface area contributed by atoms with Crippen molar-refractivity contribution in [3.05, 3.63) is 74.9 Å². The topological polar surface area (TPSA) is 66.8 Å². The first-order valence-electron chi connectivity index (χ1n) is 7.93. The van der Waals surface area contributed by atoms with Gasteiger partial charge < -0.3 is 9.84 Å². The third-order valence-electron chi connectivity index (χ3n) is 4.13. The Kier molecular flexibility index (Phi) is 5.26. The summed E-state index contributed by atoms with van der Waals surface area (Å²) >= 11 is 12.0. The molecule has 0 aromatic heterocycles. The van der Waals surface area contributed by atoms with Crippen LogP contribution in [0.1, 0.15) is 12.5 Å². The van der Waals surface area contributed by atoms with E-state index in [9.17, 15) is 14.7 Å². The van der Waals surface area contributed by atoms with Gasteiger partial charge in [0, 0.05) is 5.70 Å². The number of aromatic hydroxyl groups is 1. The Bertz CT molecular complexity index is 1010. The van der Waals surface area contributed by atoms with Gasteiger partial charge >= 0.3 is 5.97 Å². The van der Waals surface area contributed by atoms with Crippen molar-refractivity contribution in [2.24, 2.45) is 0 Å². The Balaban J connectivity index is 2.15. The molecule has 0 spiro atoms. The molecule has 0 fully saturated rings. The monoisotopic (exact) mass is 403 g/mol. The zero-order valence-electron chi connectivity index (χ0n) is 14.5. The van der Waals surface area contributed by atoms with E-state index in [4.69, 9.17) is 27.9 Å². The second-order valence-corrected chi connectivity index (χ2v) is 6.66. The van der Waals surface area contributed by atoms with Crippen LogP contribution in [0.4, 0.5) is 5.69 Å². The molecule has 138 valence electrons. The lowest BCUT2D eigenvalue weighted by atomic mass is 10.0. The fourth-order valence-corrected chi connectivity index (χ4v) is 3.19. The van der Waals surface area contributed by atoms with Crippen LogP contribution in [0.5, 0.6) is 5.75 Å². The largest absolute Gasteiger partial charge is 0.508 e. The fraction of sp³-hybridized carbons (Fsp3) is 0.100. The second-order valence-electron chi connectivity index (χ2n) is 5.84. The normalized spacial score (nSPS) is 15.6. The number of methoxy groups -OCH3 is 1. The number of hydrogen-bond acceptors (Lipinski definition) is 4. The van der Waals surface area contributed by atoms with Crippen LogP contribution in [0.25, 0.3) is 6.08 Å². The van der Waals surface area contributed by atoms with Crippen molar-refractivity contribution >= 4 is 46.8 Å². The van der Waals surface area contributed by atoms with Crippen LogP contribution >= 0.6 is 23.2 Å². The van der Waals surface area contributed by atoms with Crippen LogP contribution in [-0.4, -0.2) is 24.1 Å². The van der Waals surface area contributed by atoms with Gasteiger partial charge in [-0.15, -0.1) is 0 Å². The SMILES string of the molecule is COC(=O)C1=C(C)N(c2ccc(Cl)c(Cl)c2)C(=O)/C1=C\c1cccc(O)c1. The molecule has 0 unspecified atom stereocenters. The molecule has 2 aromatic rings. The first-order valence-corrected chi connectivity index (χ1v) is 8.69. The number of hydrogen-bond donors (Lipinski definition) is 1. The number of rotatable bonds is 3. The summed E-state index contributed by atoms with van der Waals surface area (Å²) in [4.78, 5) is 26.8. The minimum Gasteiger partial charge on any atom is -0.508 e. The van der Waals surface area contributed by atoms with Gasteiger partial charge in [-0.25, -0.2) is 4.79 Å². The van der Waals surface area contributed by atoms with Crippen molar-refractivity contribution < 1.29 is 19.4 Å². The quantitative estimate of drug-likeness (QED) is 0.601. The predicted molar refractivity (Wildman–Crippen MR) is 105 cm³/mol. The summed E-state index contributed by atoms with van der Waals surface area (Å²) in [6, 6.07) is 11.1. The van der Waals surface area contributed by atoms with Crippen molar-refractivity contribution in [2.75, 3.05) is 12.0 Å². The van der Waals surface area contributed by atoms with Gasteiger partial charge in [-0.3, -0.25) is 9.69 Å². The Morgan fingerprint density at radius 1 is 1.15 bits per heavy atom. The summed E-state index contributed by atoms with van der Waals surface area (Å²) in [6.45, 7) is 1.65. The molecule has 1 aliphatic rings. The zero-order chi connectivity index (χ0) is 19.7. The van der Waals surface area contributed by atoms with Crippen molar-refractivity contribution in [1.82, 2.24) is 0 Å². The Hall–Kier alpha value is -2.76. The average Bonchev–Trinajstić information content (AvgIpc) is 2.87. The van der Waals surface area contributed by atoms with E-state index in [0.29, 0.717) is 27.0 Å². The zero-order valence-corrected chi connectivity index (χ0v) is 16.0. The molecule has 1 aliphatic heterocycles. The highest BCUT2D eigenvalue weighted by molar-refractivity contribution is 6.42. The summed E-state index contributed by atoms with van der Waals surface area (Å²) in [5, 5.41) is 10.3. The maximum absolute atomic E-state index is 13.1. The van der Waals surface area contributed by atoms with E-state index >= 15 is 0 Å². The molecular weight excluding hydrogens is 389 g/mol. The van der Waals surface area contributed by atoms with Crippen LogP contribution in [0.3, 0.4) is 0 Å². The molecule has 0 radical (unpaired) electrons. The van der Waals surface area contributed by atoms with Gasteiger partial charge in [0.15, 0.2) is 0 Å². The molecule has 0 saturated heterocycles. The molecule has 0 bridgehead atoms. The van der Waals surface area contributed by atoms with E-state index in [2.05, 4.69) is 0 Å².